The summed E-state index contributed by atoms with van der Waals surface area (Å²) in [6.07, 6.45) is 0.681. The fourth-order valence-corrected chi connectivity index (χ4v) is 5.03. The number of fused-ring (bicyclic) bond motifs is 1. The highest BCUT2D eigenvalue weighted by atomic mass is 32.1. The number of carboxylic acid groups (broad SMARTS) is 1. The number of carbonyl (C=O) groups is 2. The topological polar surface area (TPSA) is 91.8 Å². The fourth-order valence-electron chi connectivity index (χ4n) is 4.29. The molecule has 34 heavy (non-hydrogen) atoms. The standard InChI is InChI=1S/C26H29N3O4S/c1-29(2)11-12-33-21-9-7-18(8-10-21)22-17-34-23(28-22)16-27-25(32)26(15-24(30)31)13-19-5-3-4-6-20(19)14-26/h3-10,17H,11-16H2,1-2H3,(H,27,32)(H,30,31). The van der Waals surface area contributed by atoms with E-state index >= 15 is 0 Å². The number of nitrogens with one attached hydrogen (secondary N) is 1. The molecule has 4 rings (SSSR count). The number of carboxylic acids is 1. The molecule has 1 amide bonds. The van der Waals surface area contributed by atoms with E-state index in [0.29, 0.717) is 19.4 Å². The molecule has 0 saturated carbocycles. The maximum absolute atomic E-state index is 13.2. The van der Waals surface area contributed by atoms with Gasteiger partial charge in [-0.15, -0.1) is 11.3 Å². The summed E-state index contributed by atoms with van der Waals surface area (Å²) in [6.45, 7) is 1.75. The SMILES string of the molecule is CN(C)CCOc1ccc(-c2csc(CNC(=O)C3(CC(=O)O)Cc4ccccc4C3)n2)cc1. The molecule has 8 heteroatoms. The number of likely N-dealkylation sites (N-methyl/N-ethyl adjacent to an activating group) is 1. The van der Waals surface area contributed by atoms with Gasteiger partial charge in [-0.2, -0.15) is 0 Å². The number of nitrogens with zero attached hydrogens (tertiary/aromatic N) is 2. The Kier molecular flexibility index (Phi) is 7.29. The summed E-state index contributed by atoms with van der Waals surface area (Å²) >= 11 is 1.47. The van der Waals surface area contributed by atoms with Crippen LogP contribution in [0.4, 0.5) is 0 Å². The monoisotopic (exact) mass is 479 g/mol. The Morgan fingerprint density at radius 2 is 1.79 bits per heavy atom. The molecule has 0 aliphatic heterocycles. The van der Waals surface area contributed by atoms with Crippen LogP contribution in [0.1, 0.15) is 22.6 Å². The summed E-state index contributed by atoms with van der Waals surface area (Å²) in [4.78, 5) is 31.5. The number of hydrogen-bond donors (Lipinski definition) is 2. The Hall–Kier alpha value is -3.23. The Morgan fingerprint density at radius 1 is 1.12 bits per heavy atom. The summed E-state index contributed by atoms with van der Waals surface area (Å²) in [5, 5.41) is 15.2. The summed E-state index contributed by atoms with van der Waals surface area (Å²) in [5.74, 6) is -0.384. The lowest BCUT2D eigenvalue weighted by atomic mass is 9.80. The van der Waals surface area contributed by atoms with Crippen LogP contribution in [-0.4, -0.2) is 54.1 Å². The highest BCUT2D eigenvalue weighted by Gasteiger charge is 2.45. The third-order valence-corrected chi connectivity index (χ3v) is 6.91. The van der Waals surface area contributed by atoms with Crippen LogP contribution >= 0.6 is 11.3 Å². The lowest BCUT2D eigenvalue weighted by Gasteiger charge is -2.25. The van der Waals surface area contributed by atoms with Gasteiger partial charge in [0.2, 0.25) is 5.91 Å². The Labute approximate surface area is 203 Å². The maximum Gasteiger partial charge on any atom is 0.304 e. The third kappa shape index (κ3) is 5.63. The minimum atomic E-state index is -0.964. The second-order valence-corrected chi connectivity index (χ2v) is 9.90. The molecule has 7 nitrogen and oxygen atoms in total. The summed E-state index contributed by atoms with van der Waals surface area (Å²) in [7, 11) is 4.01. The molecular formula is C26H29N3O4S. The lowest BCUT2D eigenvalue weighted by molar-refractivity contribution is -0.145. The van der Waals surface area contributed by atoms with Crippen LogP contribution in [0.3, 0.4) is 0 Å². The summed E-state index contributed by atoms with van der Waals surface area (Å²) in [6, 6.07) is 15.6. The molecule has 0 bridgehead atoms. The van der Waals surface area contributed by atoms with E-state index < -0.39 is 11.4 Å². The van der Waals surface area contributed by atoms with Crippen LogP contribution in [0.25, 0.3) is 11.3 Å². The number of carbonyl (C=O) groups excluding carboxylic acids is 1. The van der Waals surface area contributed by atoms with Crippen molar-refractivity contribution in [2.45, 2.75) is 25.8 Å². The van der Waals surface area contributed by atoms with Gasteiger partial charge in [0.1, 0.15) is 17.4 Å². The van der Waals surface area contributed by atoms with Crippen LogP contribution < -0.4 is 10.1 Å². The first kappa shape index (κ1) is 23.9. The Bertz CT molecular complexity index is 1130. The highest BCUT2D eigenvalue weighted by molar-refractivity contribution is 7.09. The van der Waals surface area contributed by atoms with Crippen molar-refractivity contribution in [2.24, 2.45) is 5.41 Å². The van der Waals surface area contributed by atoms with Crippen molar-refractivity contribution >= 4 is 23.2 Å². The van der Waals surface area contributed by atoms with Crippen molar-refractivity contribution in [2.75, 3.05) is 27.2 Å². The zero-order chi connectivity index (χ0) is 24.1. The molecule has 0 spiro atoms. The number of ether oxygens (including phenoxy) is 1. The van der Waals surface area contributed by atoms with Gasteiger partial charge >= 0.3 is 5.97 Å². The largest absolute Gasteiger partial charge is 0.492 e. The van der Waals surface area contributed by atoms with Crippen LogP contribution in [0, 0.1) is 5.41 Å². The van der Waals surface area contributed by atoms with Crippen LogP contribution in [0.2, 0.25) is 0 Å². The zero-order valence-corrected chi connectivity index (χ0v) is 20.2. The molecule has 0 radical (unpaired) electrons. The van der Waals surface area contributed by atoms with Crippen molar-refractivity contribution in [1.29, 1.82) is 0 Å². The van der Waals surface area contributed by atoms with Gasteiger partial charge in [-0.1, -0.05) is 24.3 Å². The number of aromatic nitrogens is 1. The summed E-state index contributed by atoms with van der Waals surface area (Å²) in [5.41, 5.74) is 2.94. The van der Waals surface area contributed by atoms with E-state index in [-0.39, 0.29) is 18.9 Å². The molecule has 3 aromatic rings. The third-order valence-electron chi connectivity index (χ3n) is 6.06. The van der Waals surface area contributed by atoms with Crippen LogP contribution in [0.5, 0.6) is 5.75 Å². The Balaban J connectivity index is 1.37. The second-order valence-electron chi connectivity index (χ2n) is 8.96. The van der Waals surface area contributed by atoms with Crippen LogP contribution in [0.15, 0.2) is 53.9 Å². The van der Waals surface area contributed by atoms with Crippen molar-refractivity contribution < 1.29 is 19.4 Å². The smallest absolute Gasteiger partial charge is 0.304 e. The van der Waals surface area contributed by atoms with Gasteiger partial charge in [-0.05, 0) is 62.3 Å². The van der Waals surface area contributed by atoms with E-state index in [1.807, 2.05) is 68.0 Å². The number of amides is 1. The number of benzene rings is 2. The maximum atomic E-state index is 13.2. The Morgan fingerprint density at radius 3 is 2.41 bits per heavy atom. The van der Waals surface area contributed by atoms with Gasteiger partial charge in [-0.3, -0.25) is 9.59 Å². The second kappa shape index (κ2) is 10.4. The number of rotatable bonds is 10. The van der Waals surface area contributed by atoms with E-state index in [4.69, 9.17) is 4.74 Å². The van der Waals surface area contributed by atoms with E-state index in [1.165, 1.54) is 11.3 Å². The molecule has 1 heterocycles. The molecule has 178 valence electrons. The highest BCUT2D eigenvalue weighted by Crippen LogP contribution is 2.40. The first-order valence-corrected chi connectivity index (χ1v) is 12.1. The minimum absolute atomic E-state index is 0.195. The minimum Gasteiger partial charge on any atom is -0.492 e. The van der Waals surface area contributed by atoms with Crippen molar-refractivity contribution in [3.05, 3.63) is 70.0 Å². The number of thiazole rings is 1. The van der Waals surface area contributed by atoms with E-state index in [1.54, 1.807) is 0 Å². The van der Waals surface area contributed by atoms with E-state index in [9.17, 15) is 14.7 Å². The lowest BCUT2D eigenvalue weighted by Crippen LogP contribution is -2.43. The van der Waals surface area contributed by atoms with Gasteiger partial charge in [0.05, 0.1) is 24.1 Å². The van der Waals surface area contributed by atoms with Gasteiger partial charge in [0, 0.05) is 17.5 Å². The molecule has 0 saturated heterocycles. The molecular weight excluding hydrogens is 450 g/mol. The summed E-state index contributed by atoms with van der Waals surface area (Å²) < 4.78 is 5.74. The van der Waals surface area contributed by atoms with Crippen molar-refractivity contribution in [3.8, 4) is 17.0 Å². The number of aliphatic carboxylic acids is 1. The average molecular weight is 480 g/mol. The molecule has 1 aliphatic carbocycles. The van der Waals surface area contributed by atoms with E-state index in [0.717, 1.165) is 39.7 Å². The number of hydrogen-bond acceptors (Lipinski definition) is 6. The fraction of sp³-hybridized carbons (Fsp3) is 0.346. The van der Waals surface area contributed by atoms with Crippen LogP contribution in [-0.2, 0) is 29.0 Å². The normalized spacial score (nSPS) is 14.1. The zero-order valence-electron chi connectivity index (χ0n) is 19.4. The van der Waals surface area contributed by atoms with Crippen molar-refractivity contribution in [1.82, 2.24) is 15.2 Å². The van der Waals surface area contributed by atoms with Crippen molar-refractivity contribution in [3.63, 3.8) is 0 Å². The average Bonchev–Trinajstić information content (AvgIpc) is 3.42. The molecule has 2 N–H and O–H groups in total. The predicted octanol–water partition coefficient (Wildman–Crippen LogP) is 3.63. The molecule has 0 fully saturated rings. The molecule has 1 aromatic heterocycles. The first-order chi connectivity index (χ1) is 16.3. The molecule has 1 aliphatic rings. The van der Waals surface area contributed by atoms with E-state index in [2.05, 4.69) is 15.2 Å². The predicted molar refractivity (Wildman–Crippen MR) is 132 cm³/mol. The molecule has 0 atom stereocenters. The molecule has 2 aromatic carbocycles. The quantitative estimate of drug-likeness (QED) is 0.462. The van der Waals surface area contributed by atoms with Gasteiger partial charge in [-0.25, -0.2) is 4.98 Å². The first-order valence-electron chi connectivity index (χ1n) is 11.2. The molecule has 0 unspecified atom stereocenters. The van der Waals surface area contributed by atoms with Gasteiger partial charge in [0.25, 0.3) is 0 Å². The van der Waals surface area contributed by atoms with Gasteiger partial charge < -0.3 is 20.1 Å². The van der Waals surface area contributed by atoms with Gasteiger partial charge in [0.15, 0.2) is 0 Å².